The third-order valence-corrected chi connectivity index (χ3v) is 8.13. The molecule has 5 rings (SSSR count). The van der Waals surface area contributed by atoms with Crippen molar-refractivity contribution in [2.45, 2.75) is 17.4 Å². The van der Waals surface area contributed by atoms with E-state index in [-0.39, 0.29) is 23.4 Å². The van der Waals surface area contributed by atoms with Gasteiger partial charge in [-0.25, -0.2) is 18.6 Å². The molecule has 1 aliphatic heterocycles. The summed E-state index contributed by atoms with van der Waals surface area (Å²) in [5.74, 6) is 0.566. The number of carbonyl (C=O) groups is 1. The molecule has 12 heteroatoms. The van der Waals surface area contributed by atoms with Gasteiger partial charge in [0.25, 0.3) is 11.5 Å². The molecule has 0 fully saturated rings. The lowest BCUT2D eigenvalue weighted by atomic mass is 10.0. The highest BCUT2D eigenvalue weighted by molar-refractivity contribution is 7.89. The van der Waals surface area contributed by atoms with Crippen molar-refractivity contribution < 1.29 is 27.9 Å². The van der Waals surface area contributed by atoms with E-state index >= 15 is 0 Å². The Bertz CT molecular complexity index is 1610. The van der Waals surface area contributed by atoms with Crippen LogP contribution in [0.1, 0.15) is 17.3 Å². The van der Waals surface area contributed by atoms with Crippen LogP contribution in [0.5, 0.6) is 17.2 Å². The molecule has 38 heavy (non-hydrogen) atoms. The smallest absolute Gasteiger partial charge is 0.276 e. The number of fused-ring (bicyclic) bond motifs is 1. The van der Waals surface area contributed by atoms with Gasteiger partial charge >= 0.3 is 0 Å². The minimum Gasteiger partial charge on any atom is -0.497 e. The molecular weight excluding hydrogens is 512 g/mol. The van der Waals surface area contributed by atoms with E-state index in [0.717, 1.165) is 4.31 Å². The number of nitrogens with zero attached hydrogens (tertiary/aromatic N) is 2. The summed E-state index contributed by atoms with van der Waals surface area (Å²) in [6, 6.07) is 19.7. The molecule has 0 radical (unpaired) electrons. The van der Waals surface area contributed by atoms with Crippen LogP contribution in [-0.2, 0) is 21.2 Å². The van der Waals surface area contributed by atoms with Gasteiger partial charge in [-0.2, -0.15) is 4.31 Å². The molecule has 0 bridgehead atoms. The number of aromatic amines is 1. The third kappa shape index (κ3) is 4.56. The fourth-order valence-electron chi connectivity index (χ4n) is 4.40. The number of hydrogen-bond donors (Lipinski definition) is 3. The Hall–Kier alpha value is -4.39. The fourth-order valence-corrected chi connectivity index (χ4v) is 5.96. The maximum absolute atomic E-state index is 13.6. The number of methoxy groups -OCH3 is 1. The van der Waals surface area contributed by atoms with Gasteiger partial charge < -0.3 is 9.47 Å². The minimum atomic E-state index is -4.25. The van der Waals surface area contributed by atoms with Gasteiger partial charge in [0.2, 0.25) is 10.0 Å². The predicted molar refractivity (Wildman–Crippen MR) is 136 cm³/mol. The van der Waals surface area contributed by atoms with Crippen molar-refractivity contribution in [1.82, 2.24) is 19.6 Å². The fraction of sp³-hybridized carbons (Fsp3) is 0.154. The number of H-pyrrole nitrogens is 1. The molecule has 0 aliphatic carbocycles. The summed E-state index contributed by atoms with van der Waals surface area (Å²) in [6.07, 6.45) is 0.164. The monoisotopic (exact) mass is 536 g/mol. The van der Waals surface area contributed by atoms with Gasteiger partial charge in [0, 0.05) is 18.7 Å². The Morgan fingerprint density at radius 1 is 0.974 bits per heavy atom. The van der Waals surface area contributed by atoms with E-state index in [1.807, 2.05) is 0 Å². The molecule has 1 aliphatic rings. The second-order valence-corrected chi connectivity index (χ2v) is 10.4. The van der Waals surface area contributed by atoms with Crippen molar-refractivity contribution in [2.24, 2.45) is 0 Å². The first kappa shape index (κ1) is 25.3. The van der Waals surface area contributed by atoms with E-state index in [4.69, 9.17) is 9.47 Å². The molecule has 0 saturated carbocycles. The van der Waals surface area contributed by atoms with Gasteiger partial charge in [-0.15, -0.1) is 0 Å². The van der Waals surface area contributed by atoms with E-state index in [0.29, 0.717) is 28.6 Å². The largest absolute Gasteiger partial charge is 0.497 e. The summed E-state index contributed by atoms with van der Waals surface area (Å²) in [4.78, 5) is 26.0. The summed E-state index contributed by atoms with van der Waals surface area (Å²) in [5, 5.41) is 12.4. The molecule has 11 nitrogen and oxygen atoms in total. The molecule has 2 heterocycles. The summed E-state index contributed by atoms with van der Waals surface area (Å²) >= 11 is 0. The van der Waals surface area contributed by atoms with Crippen molar-refractivity contribution in [3.63, 3.8) is 0 Å². The van der Waals surface area contributed by atoms with Gasteiger partial charge in [0.15, 0.2) is 0 Å². The second-order valence-electron chi connectivity index (χ2n) is 8.47. The molecule has 3 aromatic carbocycles. The summed E-state index contributed by atoms with van der Waals surface area (Å²) in [6.45, 7) is -0.0910. The van der Waals surface area contributed by atoms with E-state index in [1.165, 1.54) is 34.4 Å². The SMILES string of the molecule is COc1ccc(Oc2ccc(S(=O)(=O)N3CCc4[nH]n(-c5ccccc5)c(=O)c4C3C(=O)NO)cc2)cc1. The Labute approximate surface area is 217 Å². The molecule has 1 unspecified atom stereocenters. The van der Waals surface area contributed by atoms with E-state index in [9.17, 15) is 23.2 Å². The number of para-hydroxylation sites is 1. The van der Waals surface area contributed by atoms with Crippen LogP contribution in [0.15, 0.2) is 88.6 Å². The Kier molecular flexibility index (Phi) is 6.76. The number of ether oxygens (including phenoxy) is 2. The topological polar surface area (TPSA) is 143 Å². The van der Waals surface area contributed by atoms with Crippen LogP contribution < -0.4 is 20.5 Å². The van der Waals surface area contributed by atoms with E-state index in [2.05, 4.69) is 5.10 Å². The predicted octanol–water partition coefficient (Wildman–Crippen LogP) is 2.76. The summed E-state index contributed by atoms with van der Waals surface area (Å²) in [7, 11) is -2.70. The number of amides is 1. The summed E-state index contributed by atoms with van der Waals surface area (Å²) in [5.41, 5.74) is 1.83. The zero-order valence-electron chi connectivity index (χ0n) is 20.2. The number of nitrogens with one attached hydrogen (secondary N) is 2. The van der Waals surface area contributed by atoms with Crippen LogP contribution in [-0.4, -0.2) is 47.3 Å². The highest BCUT2D eigenvalue weighted by atomic mass is 32.2. The second kappa shape index (κ2) is 10.2. The van der Waals surface area contributed by atoms with Crippen molar-refractivity contribution in [3.05, 3.63) is 100 Å². The van der Waals surface area contributed by atoms with Crippen LogP contribution >= 0.6 is 0 Å². The lowest BCUT2D eigenvalue weighted by Gasteiger charge is -2.32. The molecule has 1 atom stereocenters. The highest BCUT2D eigenvalue weighted by Gasteiger charge is 2.43. The highest BCUT2D eigenvalue weighted by Crippen LogP contribution is 2.33. The molecule has 1 amide bonds. The van der Waals surface area contributed by atoms with Gasteiger partial charge in [-0.1, -0.05) is 18.2 Å². The number of hydroxylamine groups is 1. The summed E-state index contributed by atoms with van der Waals surface area (Å²) < 4.78 is 40.4. The number of benzene rings is 3. The quantitative estimate of drug-likeness (QED) is 0.243. The Morgan fingerprint density at radius 3 is 2.18 bits per heavy atom. The number of carbonyl (C=O) groups excluding carboxylic acids is 1. The molecule has 0 spiro atoms. The van der Waals surface area contributed by atoms with E-state index < -0.39 is 27.5 Å². The average molecular weight is 537 g/mol. The van der Waals surface area contributed by atoms with Crippen molar-refractivity contribution in [2.75, 3.05) is 13.7 Å². The lowest BCUT2D eigenvalue weighted by molar-refractivity contribution is -0.133. The molecule has 3 N–H and O–H groups in total. The number of aromatic nitrogens is 2. The first-order valence-electron chi connectivity index (χ1n) is 11.6. The van der Waals surface area contributed by atoms with Crippen LogP contribution in [0, 0.1) is 0 Å². The zero-order chi connectivity index (χ0) is 26.9. The minimum absolute atomic E-state index is 0.0466. The standard InChI is InChI=1S/C26H24N4O7S/c1-36-18-7-9-19(10-8-18)37-20-11-13-21(14-12-20)38(34,35)29-16-15-22-23(24(29)25(31)28-33)26(32)30(27-22)17-5-3-2-4-6-17/h2-14,24,27,33H,15-16H2,1H3,(H,28,31). The molecule has 196 valence electrons. The van der Waals surface area contributed by atoms with Crippen molar-refractivity contribution in [3.8, 4) is 22.9 Å². The van der Waals surface area contributed by atoms with Gasteiger partial charge in [0.1, 0.15) is 23.3 Å². The van der Waals surface area contributed by atoms with Crippen LogP contribution in [0.4, 0.5) is 0 Å². The molecular formula is C26H24N4O7S. The maximum Gasteiger partial charge on any atom is 0.276 e. The average Bonchev–Trinajstić information content (AvgIpc) is 3.29. The third-order valence-electron chi connectivity index (χ3n) is 6.25. The van der Waals surface area contributed by atoms with Gasteiger partial charge in [0.05, 0.1) is 23.3 Å². The van der Waals surface area contributed by atoms with Crippen LogP contribution in [0.25, 0.3) is 5.69 Å². The lowest BCUT2D eigenvalue weighted by Crippen LogP contribution is -2.48. The zero-order valence-corrected chi connectivity index (χ0v) is 21.0. The van der Waals surface area contributed by atoms with Crippen LogP contribution in [0.3, 0.4) is 0 Å². The van der Waals surface area contributed by atoms with E-state index in [1.54, 1.807) is 61.7 Å². The van der Waals surface area contributed by atoms with Crippen molar-refractivity contribution >= 4 is 15.9 Å². The number of rotatable bonds is 7. The molecule has 1 aromatic heterocycles. The molecule has 0 saturated heterocycles. The Balaban J connectivity index is 1.46. The first-order valence-corrected chi connectivity index (χ1v) is 13.0. The Morgan fingerprint density at radius 2 is 1.58 bits per heavy atom. The van der Waals surface area contributed by atoms with Gasteiger partial charge in [-0.3, -0.25) is 19.9 Å². The normalized spacial score (nSPS) is 15.5. The maximum atomic E-state index is 13.6. The first-order chi connectivity index (χ1) is 18.3. The molecule has 4 aromatic rings. The number of sulfonamides is 1. The number of hydrogen-bond acceptors (Lipinski definition) is 7. The van der Waals surface area contributed by atoms with Crippen molar-refractivity contribution in [1.29, 1.82) is 0 Å². The van der Waals surface area contributed by atoms with Gasteiger partial charge in [-0.05, 0) is 60.7 Å². The van der Waals surface area contributed by atoms with Crippen LogP contribution in [0.2, 0.25) is 0 Å².